The highest BCUT2D eigenvalue weighted by molar-refractivity contribution is 6.30. The number of amides is 1. The summed E-state index contributed by atoms with van der Waals surface area (Å²) in [5.74, 6) is 0.970. The summed E-state index contributed by atoms with van der Waals surface area (Å²) in [7, 11) is 1.94. The minimum Gasteiger partial charge on any atom is -0.369 e. The standard InChI is InChI=1S/C22H21ClN8O/c1-30-7-6-24-12-19(30)13-26-22(32)16-8-15(20-5-4-17(23)11-25-20)9-18(10-16)31-21(14-2-3-14)27-28-29-31/h4-12,14,19H,2-3,13H2,1H3,(H,26,32). The molecule has 0 bridgehead atoms. The number of pyridine rings is 1. The van der Waals surface area contributed by atoms with Crippen LogP contribution in [-0.4, -0.2) is 61.8 Å². The second kappa shape index (κ2) is 8.51. The largest absolute Gasteiger partial charge is 0.369 e. The molecule has 1 aromatic carbocycles. The van der Waals surface area contributed by atoms with Crippen molar-refractivity contribution in [3.63, 3.8) is 0 Å². The predicted molar refractivity (Wildman–Crippen MR) is 121 cm³/mol. The van der Waals surface area contributed by atoms with Gasteiger partial charge in [-0.05, 0) is 53.6 Å². The third-order valence-corrected chi connectivity index (χ3v) is 5.75. The van der Waals surface area contributed by atoms with E-state index in [0.717, 1.165) is 29.9 Å². The summed E-state index contributed by atoms with van der Waals surface area (Å²) in [4.78, 5) is 23.7. The summed E-state index contributed by atoms with van der Waals surface area (Å²) in [5, 5.41) is 15.8. The summed E-state index contributed by atoms with van der Waals surface area (Å²) >= 11 is 6.01. The maximum atomic E-state index is 13.1. The zero-order chi connectivity index (χ0) is 22.1. The Morgan fingerprint density at radius 1 is 1.25 bits per heavy atom. The Morgan fingerprint density at radius 3 is 2.88 bits per heavy atom. The van der Waals surface area contributed by atoms with Crippen LogP contribution in [0.2, 0.25) is 5.02 Å². The smallest absolute Gasteiger partial charge is 0.251 e. The van der Waals surface area contributed by atoms with Crippen molar-refractivity contribution in [1.82, 2.24) is 35.4 Å². The number of nitrogens with one attached hydrogen (secondary N) is 1. The summed E-state index contributed by atoms with van der Waals surface area (Å²) in [5.41, 5.74) is 2.70. The van der Waals surface area contributed by atoms with Gasteiger partial charge in [-0.1, -0.05) is 11.6 Å². The summed E-state index contributed by atoms with van der Waals surface area (Å²) in [6.45, 7) is 0.431. The van der Waals surface area contributed by atoms with E-state index >= 15 is 0 Å². The van der Waals surface area contributed by atoms with Crippen molar-refractivity contribution in [3.05, 3.63) is 65.3 Å². The first kappa shape index (κ1) is 20.3. The van der Waals surface area contributed by atoms with E-state index in [9.17, 15) is 4.79 Å². The van der Waals surface area contributed by atoms with E-state index in [1.165, 1.54) is 0 Å². The van der Waals surface area contributed by atoms with Crippen molar-refractivity contribution in [2.75, 3.05) is 13.6 Å². The molecule has 1 atom stereocenters. The Kier molecular flexibility index (Phi) is 5.40. The number of tetrazole rings is 1. The first-order valence-electron chi connectivity index (χ1n) is 10.3. The lowest BCUT2D eigenvalue weighted by atomic mass is 10.0. The number of halogens is 1. The minimum atomic E-state index is -0.195. The SMILES string of the molecule is CN1C=CN=CC1CNC(=O)c1cc(-c2ccc(Cl)cn2)cc(-n2nnnc2C2CC2)c1. The van der Waals surface area contributed by atoms with E-state index in [-0.39, 0.29) is 11.9 Å². The van der Waals surface area contributed by atoms with Gasteiger partial charge < -0.3 is 10.2 Å². The molecule has 1 saturated carbocycles. The van der Waals surface area contributed by atoms with Crippen LogP contribution in [-0.2, 0) is 0 Å². The number of aromatic nitrogens is 5. The molecule has 1 amide bonds. The summed E-state index contributed by atoms with van der Waals surface area (Å²) in [6, 6.07) is 9.14. The average Bonchev–Trinajstić information content (AvgIpc) is 3.54. The zero-order valence-electron chi connectivity index (χ0n) is 17.4. The van der Waals surface area contributed by atoms with Crippen molar-refractivity contribution in [2.45, 2.75) is 24.8 Å². The van der Waals surface area contributed by atoms with Gasteiger partial charge in [-0.15, -0.1) is 5.10 Å². The van der Waals surface area contributed by atoms with Crippen LogP contribution in [0.5, 0.6) is 0 Å². The second-order valence-electron chi connectivity index (χ2n) is 7.89. The molecule has 0 radical (unpaired) electrons. The minimum absolute atomic E-state index is 0.00878. The molecule has 0 spiro atoms. The first-order chi connectivity index (χ1) is 15.6. The van der Waals surface area contributed by atoms with Gasteiger partial charge in [0.05, 0.1) is 22.4 Å². The zero-order valence-corrected chi connectivity index (χ0v) is 18.1. The quantitative estimate of drug-likeness (QED) is 0.622. The topological polar surface area (TPSA) is 101 Å². The van der Waals surface area contributed by atoms with Gasteiger partial charge in [0.25, 0.3) is 5.91 Å². The lowest BCUT2D eigenvalue weighted by Crippen LogP contribution is -2.41. The molecule has 162 valence electrons. The fourth-order valence-corrected chi connectivity index (χ4v) is 3.65. The highest BCUT2D eigenvalue weighted by Gasteiger charge is 2.30. The molecule has 3 aromatic rings. The van der Waals surface area contributed by atoms with Crippen molar-refractivity contribution >= 4 is 23.7 Å². The Hall–Kier alpha value is -3.59. The molecule has 1 fully saturated rings. The van der Waals surface area contributed by atoms with Gasteiger partial charge in [-0.25, -0.2) is 0 Å². The van der Waals surface area contributed by atoms with E-state index in [1.54, 1.807) is 29.2 Å². The van der Waals surface area contributed by atoms with Crippen LogP contribution >= 0.6 is 11.6 Å². The molecule has 1 N–H and O–H groups in total. The van der Waals surface area contributed by atoms with Crippen LogP contribution < -0.4 is 5.32 Å². The number of nitrogens with zero attached hydrogens (tertiary/aromatic N) is 7. The highest BCUT2D eigenvalue weighted by atomic mass is 35.5. The van der Waals surface area contributed by atoms with E-state index in [4.69, 9.17) is 11.6 Å². The van der Waals surface area contributed by atoms with Crippen molar-refractivity contribution in [2.24, 2.45) is 4.99 Å². The summed E-state index contributed by atoms with van der Waals surface area (Å²) in [6.07, 6.45) is 9.12. The van der Waals surface area contributed by atoms with Gasteiger partial charge in [0.1, 0.15) is 0 Å². The van der Waals surface area contributed by atoms with Crippen molar-refractivity contribution in [1.29, 1.82) is 0 Å². The number of rotatable bonds is 6. The molecule has 10 heteroatoms. The van der Waals surface area contributed by atoms with E-state index < -0.39 is 0 Å². The molecule has 1 aliphatic carbocycles. The van der Waals surface area contributed by atoms with Gasteiger partial charge in [-0.3, -0.25) is 14.8 Å². The maximum Gasteiger partial charge on any atom is 0.251 e. The fourth-order valence-electron chi connectivity index (χ4n) is 3.54. The Bertz CT molecular complexity index is 1200. The highest BCUT2D eigenvalue weighted by Crippen LogP contribution is 2.39. The van der Waals surface area contributed by atoms with E-state index in [1.807, 2.05) is 42.6 Å². The molecule has 3 heterocycles. The molecule has 1 unspecified atom stereocenters. The van der Waals surface area contributed by atoms with E-state index in [2.05, 4.69) is 30.8 Å². The Morgan fingerprint density at radius 2 is 2.12 bits per heavy atom. The lowest BCUT2D eigenvalue weighted by Gasteiger charge is -2.25. The number of hydrogen-bond donors (Lipinski definition) is 1. The number of benzene rings is 1. The van der Waals surface area contributed by atoms with Crippen LogP contribution in [0, 0.1) is 0 Å². The third kappa shape index (κ3) is 4.24. The molecule has 2 aliphatic rings. The monoisotopic (exact) mass is 448 g/mol. The average molecular weight is 449 g/mol. The van der Waals surface area contributed by atoms with Gasteiger partial charge in [0, 0.05) is 55.4 Å². The molecule has 9 nitrogen and oxygen atoms in total. The molecule has 1 aliphatic heterocycles. The Balaban J connectivity index is 1.48. The van der Waals surface area contributed by atoms with Gasteiger partial charge in [0.15, 0.2) is 5.82 Å². The number of likely N-dealkylation sites (N-methyl/N-ethyl adjacent to an activating group) is 1. The molecule has 2 aromatic heterocycles. The van der Waals surface area contributed by atoms with Crippen molar-refractivity contribution < 1.29 is 4.79 Å². The van der Waals surface area contributed by atoms with Gasteiger partial charge in [0.2, 0.25) is 0 Å². The predicted octanol–water partition coefficient (Wildman–Crippen LogP) is 2.84. The lowest BCUT2D eigenvalue weighted by molar-refractivity contribution is 0.0948. The number of carbonyl (C=O) groups excluding carboxylic acids is 1. The molecule has 0 saturated heterocycles. The number of carbonyl (C=O) groups is 1. The molecular weight excluding hydrogens is 428 g/mol. The van der Waals surface area contributed by atoms with Gasteiger partial charge in [-0.2, -0.15) is 4.68 Å². The van der Waals surface area contributed by atoms with Crippen LogP contribution in [0.1, 0.15) is 34.9 Å². The van der Waals surface area contributed by atoms with Crippen LogP contribution in [0.4, 0.5) is 0 Å². The first-order valence-corrected chi connectivity index (χ1v) is 10.7. The number of aliphatic imine (C=N–C) groups is 1. The van der Waals surface area contributed by atoms with Gasteiger partial charge >= 0.3 is 0 Å². The number of hydrogen-bond acceptors (Lipinski definition) is 7. The van der Waals surface area contributed by atoms with Crippen LogP contribution in [0.3, 0.4) is 0 Å². The molecule has 5 rings (SSSR count). The normalized spacial score (nSPS) is 17.6. The molecular formula is C22H21ClN8O. The third-order valence-electron chi connectivity index (χ3n) is 5.52. The van der Waals surface area contributed by atoms with Crippen LogP contribution in [0.15, 0.2) is 53.9 Å². The fraction of sp³-hybridized carbons (Fsp3) is 0.273. The van der Waals surface area contributed by atoms with Crippen LogP contribution in [0.25, 0.3) is 16.9 Å². The Labute approximate surface area is 189 Å². The maximum absolute atomic E-state index is 13.1. The van der Waals surface area contributed by atoms with E-state index in [0.29, 0.717) is 28.7 Å². The second-order valence-corrected chi connectivity index (χ2v) is 8.33. The van der Waals surface area contributed by atoms with Crippen molar-refractivity contribution in [3.8, 4) is 16.9 Å². The molecule has 32 heavy (non-hydrogen) atoms. The summed E-state index contributed by atoms with van der Waals surface area (Å²) < 4.78 is 1.71.